The summed E-state index contributed by atoms with van der Waals surface area (Å²) < 4.78 is 72.3. The molecular weight excluding hydrogens is 614 g/mol. The molecule has 0 saturated carbocycles. The molecule has 3 aromatic heterocycles. The largest absolute Gasteiger partial charge is 0.486 e. The van der Waals surface area contributed by atoms with Crippen molar-refractivity contribution in [3.63, 3.8) is 0 Å². The van der Waals surface area contributed by atoms with E-state index in [9.17, 15) is 18.0 Å². The van der Waals surface area contributed by atoms with Crippen molar-refractivity contribution >= 4 is 33.1 Å². The molecule has 0 saturated heterocycles. The van der Waals surface area contributed by atoms with Gasteiger partial charge in [-0.2, -0.15) is 9.37 Å². The van der Waals surface area contributed by atoms with Gasteiger partial charge in [0.2, 0.25) is 5.88 Å². The highest BCUT2D eigenvalue weighted by Crippen LogP contribution is 2.42. The highest BCUT2D eigenvalue weighted by atomic mass is 79.9. The number of fused-ring (bicyclic) bond motifs is 1. The summed E-state index contributed by atoms with van der Waals surface area (Å²) in [6, 6.07) is 16.0. The number of primary amides is 1. The van der Waals surface area contributed by atoms with Crippen molar-refractivity contribution in [2.24, 2.45) is 5.73 Å². The number of hydrogen-bond donors (Lipinski definition) is 1. The molecule has 0 aliphatic rings. The topological polar surface area (TPSA) is 114 Å². The molecule has 5 rings (SSSR count). The normalized spacial score (nSPS) is 12.0. The minimum Gasteiger partial charge on any atom is -0.486 e. The number of ether oxygens (including phenoxy) is 3. The second-order valence-electron chi connectivity index (χ2n) is 8.37. The van der Waals surface area contributed by atoms with Gasteiger partial charge >= 0.3 is 12.5 Å². The van der Waals surface area contributed by atoms with Crippen molar-refractivity contribution in [2.75, 3.05) is 0 Å². The highest BCUT2D eigenvalue weighted by Gasteiger charge is 2.28. The van der Waals surface area contributed by atoms with Crippen LogP contribution >= 0.6 is 15.9 Å². The maximum atomic E-state index is 15.3. The number of carbonyl (C=O) groups is 1. The zero-order chi connectivity index (χ0) is 29.1. The van der Waals surface area contributed by atoms with Crippen molar-refractivity contribution in [1.29, 1.82) is 0 Å². The summed E-state index contributed by atoms with van der Waals surface area (Å²) in [7, 11) is 0. The van der Waals surface area contributed by atoms with Gasteiger partial charge in [0.15, 0.2) is 17.3 Å². The van der Waals surface area contributed by atoms with E-state index in [-0.39, 0.29) is 50.7 Å². The number of nitrogens with zero attached hydrogens (tertiary/aromatic N) is 4. The summed E-state index contributed by atoms with van der Waals surface area (Å²) >= 11 is 3.44. The van der Waals surface area contributed by atoms with Crippen LogP contribution in [0.1, 0.15) is 5.56 Å². The Kier molecular flexibility index (Phi) is 8.01. The molecule has 5 aromatic rings. The molecule has 1 unspecified atom stereocenters. The summed E-state index contributed by atoms with van der Waals surface area (Å²) in [6.45, 7) is 0.112. The zero-order valence-corrected chi connectivity index (χ0v) is 22.3. The number of alkyl halides is 3. The van der Waals surface area contributed by atoms with Crippen molar-refractivity contribution in [2.45, 2.75) is 19.4 Å². The third-order valence-electron chi connectivity index (χ3n) is 5.68. The number of hydrogen-bond acceptors (Lipinski definition) is 7. The second-order valence-corrected chi connectivity index (χ2v) is 9.16. The molecule has 0 fully saturated rings. The third kappa shape index (κ3) is 5.91. The fourth-order valence-corrected chi connectivity index (χ4v) is 4.63. The van der Waals surface area contributed by atoms with Crippen LogP contribution in [0.25, 0.3) is 28.1 Å². The van der Waals surface area contributed by atoms with Crippen LogP contribution in [0.4, 0.5) is 22.4 Å². The SMILES string of the molecule is NC(=O)Oc1ccc(-c2c(Br)c3ncnc(OC(F)C(F)F)c3n2-c2ccc(OCc3ccccc3)c(F)c2)nc1. The van der Waals surface area contributed by atoms with Gasteiger partial charge in [-0.3, -0.25) is 4.98 Å². The van der Waals surface area contributed by atoms with Crippen molar-refractivity contribution in [3.8, 4) is 34.5 Å². The lowest BCUT2D eigenvalue weighted by atomic mass is 10.2. The molecule has 0 spiro atoms. The maximum absolute atomic E-state index is 15.3. The van der Waals surface area contributed by atoms with E-state index in [1.165, 1.54) is 35.0 Å². The van der Waals surface area contributed by atoms with Crippen LogP contribution in [0, 0.1) is 5.82 Å². The first-order valence-electron chi connectivity index (χ1n) is 11.8. The van der Waals surface area contributed by atoms with Gasteiger partial charge in [0.05, 0.1) is 22.1 Å². The second kappa shape index (κ2) is 11.8. The van der Waals surface area contributed by atoms with E-state index in [0.717, 1.165) is 18.0 Å². The van der Waals surface area contributed by atoms with E-state index < -0.39 is 30.6 Å². The van der Waals surface area contributed by atoms with Gasteiger partial charge in [-0.05, 0) is 45.8 Å². The Morgan fingerprint density at radius 2 is 1.80 bits per heavy atom. The number of aromatic nitrogens is 4. The molecular formula is C27H18BrF4N5O4. The highest BCUT2D eigenvalue weighted by molar-refractivity contribution is 9.10. The van der Waals surface area contributed by atoms with Gasteiger partial charge in [-0.25, -0.2) is 22.9 Å². The summed E-state index contributed by atoms with van der Waals surface area (Å²) in [4.78, 5) is 23.4. The standard InChI is InChI=1S/C27H18BrF4N5O4/c28-20-21-23(26(36-13-35-21)41-25(32)24(30)31)37(22(20)18-8-7-16(11-34-18)40-27(33)38)15-6-9-19(17(29)10-15)39-12-14-4-2-1-3-5-14/h1-11,13,24-25H,12H2,(H2,33,38). The molecule has 2 aromatic carbocycles. The average molecular weight is 632 g/mol. The summed E-state index contributed by atoms with van der Waals surface area (Å²) in [5.74, 6) is -1.26. The lowest BCUT2D eigenvalue weighted by Gasteiger charge is -2.15. The minimum absolute atomic E-state index is 0.0463. The number of nitrogens with two attached hydrogens (primary N) is 1. The Morgan fingerprint density at radius 3 is 2.46 bits per heavy atom. The molecule has 9 nitrogen and oxygen atoms in total. The first-order valence-corrected chi connectivity index (χ1v) is 12.6. The van der Waals surface area contributed by atoms with E-state index in [1.807, 2.05) is 30.3 Å². The summed E-state index contributed by atoms with van der Waals surface area (Å²) in [6.07, 6.45) is -5.27. The molecule has 14 heteroatoms. The first-order chi connectivity index (χ1) is 19.7. The molecule has 0 aliphatic heterocycles. The van der Waals surface area contributed by atoms with Crippen molar-refractivity contribution in [3.05, 3.63) is 89.0 Å². The number of halogens is 5. The first kappa shape index (κ1) is 27.8. The molecule has 0 aliphatic carbocycles. The van der Waals surface area contributed by atoms with Crippen LogP contribution in [-0.4, -0.2) is 38.4 Å². The average Bonchev–Trinajstić information content (AvgIpc) is 3.26. The Labute approximate surface area is 237 Å². The van der Waals surface area contributed by atoms with Gasteiger partial charge in [0, 0.05) is 11.8 Å². The van der Waals surface area contributed by atoms with Gasteiger partial charge in [0.1, 0.15) is 24.0 Å². The van der Waals surface area contributed by atoms with Crippen molar-refractivity contribution < 1.29 is 36.6 Å². The van der Waals surface area contributed by atoms with Gasteiger partial charge in [-0.15, -0.1) is 0 Å². The van der Waals surface area contributed by atoms with Crippen molar-refractivity contribution in [1.82, 2.24) is 19.5 Å². The number of carbonyl (C=O) groups excluding carboxylic acids is 1. The van der Waals surface area contributed by atoms with Crippen LogP contribution < -0.4 is 19.9 Å². The van der Waals surface area contributed by atoms with Crippen LogP contribution in [0.2, 0.25) is 0 Å². The Hall–Kier alpha value is -4.72. The molecule has 0 bridgehead atoms. The molecule has 210 valence electrons. The van der Waals surface area contributed by atoms with Crippen LogP contribution in [0.15, 0.2) is 77.7 Å². The van der Waals surface area contributed by atoms with E-state index >= 15 is 4.39 Å². The number of rotatable bonds is 9. The van der Waals surface area contributed by atoms with E-state index in [1.54, 1.807) is 0 Å². The van der Waals surface area contributed by atoms with E-state index in [4.69, 9.17) is 19.9 Å². The third-order valence-corrected chi connectivity index (χ3v) is 6.43. The quantitative estimate of drug-likeness (QED) is 0.188. The molecule has 1 atom stereocenters. The van der Waals surface area contributed by atoms with E-state index in [0.29, 0.717) is 0 Å². The summed E-state index contributed by atoms with van der Waals surface area (Å²) in [5, 5.41) is 0. The monoisotopic (exact) mass is 631 g/mol. The molecule has 3 heterocycles. The minimum atomic E-state index is -3.45. The molecule has 0 radical (unpaired) electrons. The number of benzene rings is 2. The predicted molar refractivity (Wildman–Crippen MR) is 142 cm³/mol. The molecule has 41 heavy (non-hydrogen) atoms. The Bertz CT molecular complexity index is 1700. The van der Waals surface area contributed by atoms with Gasteiger partial charge in [0.25, 0.3) is 6.36 Å². The van der Waals surface area contributed by atoms with Gasteiger partial charge < -0.3 is 24.5 Å². The smallest absolute Gasteiger partial charge is 0.410 e. The lowest BCUT2D eigenvalue weighted by Crippen LogP contribution is -2.20. The number of pyridine rings is 1. The van der Waals surface area contributed by atoms with Crippen LogP contribution in [-0.2, 0) is 6.61 Å². The Balaban J connectivity index is 1.64. The molecule has 1 amide bonds. The van der Waals surface area contributed by atoms with Crippen LogP contribution in [0.5, 0.6) is 17.4 Å². The fraction of sp³-hybridized carbons (Fsp3) is 0.111. The maximum Gasteiger partial charge on any atom is 0.410 e. The van der Waals surface area contributed by atoms with Gasteiger partial charge in [-0.1, -0.05) is 30.3 Å². The lowest BCUT2D eigenvalue weighted by molar-refractivity contribution is -0.0683. The van der Waals surface area contributed by atoms with Crippen LogP contribution in [0.3, 0.4) is 0 Å². The number of amides is 1. The van der Waals surface area contributed by atoms with E-state index in [2.05, 4.69) is 30.9 Å². The fourth-order valence-electron chi connectivity index (χ4n) is 3.95. The Morgan fingerprint density at radius 1 is 1.02 bits per heavy atom. The zero-order valence-electron chi connectivity index (χ0n) is 20.7. The molecule has 2 N–H and O–H groups in total. The summed E-state index contributed by atoms with van der Waals surface area (Å²) in [5.41, 5.74) is 6.62. The predicted octanol–water partition coefficient (Wildman–Crippen LogP) is 6.36.